The van der Waals surface area contributed by atoms with Crippen molar-refractivity contribution in [1.29, 1.82) is 0 Å². The van der Waals surface area contributed by atoms with Gasteiger partial charge >= 0.3 is 0 Å². The zero-order valence-corrected chi connectivity index (χ0v) is 14.2. The van der Waals surface area contributed by atoms with E-state index in [-0.39, 0.29) is 5.82 Å². The van der Waals surface area contributed by atoms with E-state index in [2.05, 4.69) is 4.98 Å². The minimum absolute atomic E-state index is 0.298. The lowest BCUT2D eigenvalue weighted by Crippen LogP contribution is -1.99. The lowest BCUT2D eigenvalue weighted by atomic mass is 10.0. The zero-order chi connectivity index (χ0) is 17.4. The number of benzene rings is 1. The molecule has 6 heteroatoms. The van der Waals surface area contributed by atoms with Gasteiger partial charge < -0.3 is 0 Å². The molecule has 0 radical (unpaired) electrons. The maximum Gasteiger partial charge on any atom is 0.129 e. The minimum Gasteiger partial charge on any atom is -0.265 e. The summed E-state index contributed by atoms with van der Waals surface area (Å²) in [6, 6.07) is 15.6. The Morgan fingerprint density at radius 2 is 1.68 bits per heavy atom. The van der Waals surface area contributed by atoms with Gasteiger partial charge in [0.25, 0.3) is 0 Å². The summed E-state index contributed by atoms with van der Waals surface area (Å²) in [4.78, 5) is 4.07. The quantitative estimate of drug-likeness (QED) is 0.562. The Balaban J connectivity index is 2.09. The van der Waals surface area contributed by atoms with Crippen LogP contribution in [0.1, 0.15) is 0 Å². The fourth-order valence-electron chi connectivity index (χ4n) is 2.88. The Labute approximate surface area is 146 Å². The number of fused-ring (bicyclic) bond motifs is 1. The van der Waals surface area contributed by atoms with E-state index >= 15 is 0 Å². The van der Waals surface area contributed by atoms with Crippen LogP contribution in [0.25, 0.3) is 27.9 Å². The standard InChI is InChI=1S/C19H14FN3OS/c1-25(24)17-4-2-3-16-18(13-9-11-21-12-10-13)19(22-23(16)17)14-5-7-15(20)8-6-14/h2-12H,1H3. The summed E-state index contributed by atoms with van der Waals surface area (Å²) < 4.78 is 27.1. The predicted molar refractivity (Wildman–Crippen MR) is 96.1 cm³/mol. The van der Waals surface area contributed by atoms with Crippen molar-refractivity contribution in [1.82, 2.24) is 14.6 Å². The number of halogens is 1. The third kappa shape index (κ3) is 2.74. The molecular weight excluding hydrogens is 337 g/mol. The summed E-state index contributed by atoms with van der Waals surface area (Å²) in [5, 5.41) is 5.30. The Hall–Kier alpha value is -2.86. The molecule has 0 spiro atoms. The van der Waals surface area contributed by atoms with Gasteiger partial charge in [0, 0.05) is 29.8 Å². The monoisotopic (exact) mass is 351 g/mol. The average Bonchev–Trinajstić information content (AvgIpc) is 3.02. The SMILES string of the molecule is CS(=O)c1cccc2c(-c3ccncc3)c(-c3ccc(F)cc3)nn12. The zero-order valence-electron chi connectivity index (χ0n) is 13.4. The third-order valence-corrected chi connectivity index (χ3v) is 4.90. The Bertz CT molecular complexity index is 1080. The molecule has 1 unspecified atom stereocenters. The number of pyridine rings is 2. The first-order valence-corrected chi connectivity index (χ1v) is 9.22. The van der Waals surface area contributed by atoms with Gasteiger partial charge in [-0.3, -0.25) is 9.19 Å². The van der Waals surface area contributed by atoms with Gasteiger partial charge in [-0.2, -0.15) is 5.10 Å². The van der Waals surface area contributed by atoms with Crippen molar-refractivity contribution in [2.45, 2.75) is 5.03 Å². The molecule has 0 bridgehead atoms. The number of hydrogen-bond donors (Lipinski definition) is 0. The minimum atomic E-state index is -1.19. The summed E-state index contributed by atoms with van der Waals surface area (Å²) >= 11 is 0. The molecule has 3 heterocycles. The van der Waals surface area contributed by atoms with Crippen LogP contribution in [0.4, 0.5) is 4.39 Å². The van der Waals surface area contributed by atoms with Crippen LogP contribution in [-0.4, -0.2) is 25.1 Å². The molecule has 0 aliphatic carbocycles. The van der Waals surface area contributed by atoms with E-state index in [1.54, 1.807) is 41.4 Å². The Kier molecular flexibility index (Phi) is 3.89. The fraction of sp³-hybridized carbons (Fsp3) is 0.0526. The van der Waals surface area contributed by atoms with Crippen LogP contribution in [0.15, 0.2) is 72.0 Å². The van der Waals surface area contributed by atoms with E-state index in [9.17, 15) is 8.60 Å². The summed E-state index contributed by atoms with van der Waals surface area (Å²) in [6.07, 6.45) is 5.06. The van der Waals surface area contributed by atoms with Crippen LogP contribution in [0.5, 0.6) is 0 Å². The van der Waals surface area contributed by atoms with Gasteiger partial charge in [0.2, 0.25) is 0 Å². The van der Waals surface area contributed by atoms with E-state index in [1.807, 2.05) is 24.3 Å². The largest absolute Gasteiger partial charge is 0.265 e. The molecule has 0 N–H and O–H groups in total. The maximum absolute atomic E-state index is 13.3. The van der Waals surface area contributed by atoms with Crippen molar-refractivity contribution in [2.75, 3.05) is 6.26 Å². The van der Waals surface area contributed by atoms with Crippen LogP contribution in [0.3, 0.4) is 0 Å². The molecule has 0 aliphatic rings. The lowest BCUT2D eigenvalue weighted by molar-refractivity contribution is 0.628. The van der Waals surface area contributed by atoms with E-state index in [0.717, 1.165) is 22.2 Å². The first-order valence-electron chi connectivity index (χ1n) is 7.66. The lowest BCUT2D eigenvalue weighted by Gasteiger charge is -2.04. The first-order chi connectivity index (χ1) is 12.1. The highest BCUT2D eigenvalue weighted by molar-refractivity contribution is 7.84. The molecule has 1 atom stereocenters. The number of rotatable bonds is 3. The Morgan fingerprint density at radius 1 is 0.960 bits per heavy atom. The van der Waals surface area contributed by atoms with Gasteiger partial charge in [0.1, 0.15) is 16.5 Å². The number of hydrogen-bond acceptors (Lipinski definition) is 3. The van der Waals surface area contributed by atoms with Crippen LogP contribution in [0.2, 0.25) is 0 Å². The summed E-state index contributed by atoms with van der Waals surface area (Å²) in [5.41, 5.74) is 4.21. The molecule has 0 saturated carbocycles. The van der Waals surface area contributed by atoms with Crippen molar-refractivity contribution in [3.8, 4) is 22.4 Å². The summed E-state index contributed by atoms with van der Waals surface area (Å²) in [6.45, 7) is 0. The molecule has 0 saturated heterocycles. The number of aromatic nitrogens is 3. The second kappa shape index (κ2) is 6.22. The molecule has 25 heavy (non-hydrogen) atoms. The fourth-order valence-corrected chi connectivity index (χ4v) is 3.53. The number of nitrogens with zero attached hydrogens (tertiary/aromatic N) is 3. The van der Waals surface area contributed by atoms with Gasteiger partial charge in [-0.05, 0) is 54.1 Å². The summed E-state index contributed by atoms with van der Waals surface area (Å²) in [5.74, 6) is -0.298. The average molecular weight is 351 g/mol. The second-order valence-corrected chi connectivity index (χ2v) is 6.91. The molecule has 4 rings (SSSR count). The van der Waals surface area contributed by atoms with Gasteiger partial charge in [-0.15, -0.1) is 0 Å². The van der Waals surface area contributed by atoms with Gasteiger partial charge in [0.15, 0.2) is 0 Å². The van der Waals surface area contributed by atoms with Crippen LogP contribution in [0, 0.1) is 5.82 Å². The van der Waals surface area contributed by atoms with E-state index in [0.29, 0.717) is 10.7 Å². The molecule has 4 nitrogen and oxygen atoms in total. The van der Waals surface area contributed by atoms with Crippen molar-refractivity contribution in [3.63, 3.8) is 0 Å². The van der Waals surface area contributed by atoms with Gasteiger partial charge in [-0.25, -0.2) is 8.91 Å². The highest BCUT2D eigenvalue weighted by Crippen LogP contribution is 2.35. The molecule has 1 aromatic carbocycles. The van der Waals surface area contributed by atoms with Crippen LogP contribution in [-0.2, 0) is 10.8 Å². The highest BCUT2D eigenvalue weighted by Gasteiger charge is 2.18. The molecule has 124 valence electrons. The molecular formula is C19H14FN3OS. The first kappa shape index (κ1) is 15.7. The van der Waals surface area contributed by atoms with E-state index in [4.69, 9.17) is 5.10 Å². The predicted octanol–water partition coefficient (Wildman–Crippen LogP) is 3.94. The Morgan fingerprint density at radius 3 is 2.36 bits per heavy atom. The van der Waals surface area contributed by atoms with E-state index in [1.165, 1.54) is 12.1 Å². The second-order valence-electron chi connectivity index (χ2n) is 5.58. The third-order valence-electron chi connectivity index (χ3n) is 4.00. The topological polar surface area (TPSA) is 47.3 Å². The normalized spacial score (nSPS) is 12.4. The highest BCUT2D eigenvalue weighted by atomic mass is 32.2. The van der Waals surface area contributed by atoms with Gasteiger partial charge in [0.05, 0.1) is 16.3 Å². The molecule has 0 amide bonds. The van der Waals surface area contributed by atoms with Gasteiger partial charge in [-0.1, -0.05) is 6.07 Å². The van der Waals surface area contributed by atoms with Crippen molar-refractivity contribution < 1.29 is 8.60 Å². The molecule has 3 aromatic heterocycles. The smallest absolute Gasteiger partial charge is 0.129 e. The van der Waals surface area contributed by atoms with E-state index < -0.39 is 10.8 Å². The van der Waals surface area contributed by atoms with Crippen molar-refractivity contribution >= 4 is 16.3 Å². The molecule has 4 aromatic rings. The summed E-state index contributed by atoms with van der Waals surface area (Å²) in [7, 11) is -1.19. The van der Waals surface area contributed by atoms with Crippen LogP contribution < -0.4 is 0 Å². The van der Waals surface area contributed by atoms with Crippen LogP contribution >= 0.6 is 0 Å². The van der Waals surface area contributed by atoms with Crippen molar-refractivity contribution in [3.05, 3.63) is 72.8 Å². The van der Waals surface area contributed by atoms with Crippen molar-refractivity contribution in [2.24, 2.45) is 0 Å². The molecule has 0 fully saturated rings. The molecule has 0 aliphatic heterocycles. The maximum atomic E-state index is 13.3.